The van der Waals surface area contributed by atoms with Gasteiger partial charge >= 0.3 is 12.0 Å². The third kappa shape index (κ3) is 3.55. The lowest BCUT2D eigenvalue weighted by Gasteiger charge is -2.07. The average Bonchev–Trinajstić information content (AvgIpc) is 2.47. The Hall–Kier alpha value is -2.89. The molecule has 2 N–H and O–H groups in total. The molecule has 2 amide bonds. The fourth-order valence-corrected chi connectivity index (χ4v) is 1.56. The zero-order valence-electron chi connectivity index (χ0n) is 10.8. The summed E-state index contributed by atoms with van der Waals surface area (Å²) in [7, 11) is 1.30. The lowest BCUT2D eigenvalue weighted by atomic mass is 10.2. The van der Waals surface area contributed by atoms with Crippen molar-refractivity contribution in [2.45, 2.75) is 0 Å². The first-order valence-electron chi connectivity index (χ1n) is 5.86. The summed E-state index contributed by atoms with van der Waals surface area (Å²) in [6.45, 7) is 0. The van der Waals surface area contributed by atoms with Crippen LogP contribution < -0.4 is 10.6 Å². The van der Waals surface area contributed by atoms with Gasteiger partial charge in [0.2, 0.25) is 0 Å². The van der Waals surface area contributed by atoms with Gasteiger partial charge in [0.25, 0.3) is 0 Å². The van der Waals surface area contributed by atoms with E-state index in [2.05, 4.69) is 20.4 Å². The molecule has 2 rings (SSSR count). The van der Waals surface area contributed by atoms with Gasteiger partial charge in [0, 0.05) is 11.9 Å². The molecule has 20 heavy (non-hydrogen) atoms. The standard InChI is InChI=1S/C14H13N3O3/c1-20-13(18)10-5-4-6-11(9-10)16-14(19)17-12-7-2-3-8-15-12/h2-9H,1H3,(H2,15,16,17,19). The first-order chi connectivity index (χ1) is 9.69. The number of methoxy groups -OCH3 is 1. The molecule has 1 heterocycles. The number of nitrogens with zero attached hydrogens (tertiary/aromatic N) is 1. The first-order valence-corrected chi connectivity index (χ1v) is 5.86. The molecule has 2 aromatic rings. The van der Waals surface area contributed by atoms with E-state index in [1.807, 2.05) is 0 Å². The van der Waals surface area contributed by atoms with Crippen LogP contribution >= 0.6 is 0 Å². The molecule has 1 aromatic carbocycles. The van der Waals surface area contributed by atoms with Crippen LogP contribution in [0.1, 0.15) is 10.4 Å². The maximum absolute atomic E-state index is 11.8. The molecule has 0 aliphatic heterocycles. The molecular weight excluding hydrogens is 258 g/mol. The summed E-state index contributed by atoms with van der Waals surface area (Å²) in [5.74, 6) is -0.0205. The molecule has 6 nitrogen and oxygen atoms in total. The highest BCUT2D eigenvalue weighted by atomic mass is 16.5. The summed E-state index contributed by atoms with van der Waals surface area (Å²) in [6.07, 6.45) is 1.58. The van der Waals surface area contributed by atoms with Crippen molar-refractivity contribution in [1.82, 2.24) is 4.98 Å². The van der Waals surface area contributed by atoms with Crippen LogP contribution in [0.15, 0.2) is 48.7 Å². The highest BCUT2D eigenvalue weighted by molar-refractivity contribution is 6.00. The van der Waals surface area contributed by atoms with Crippen molar-refractivity contribution in [3.05, 3.63) is 54.2 Å². The Bertz CT molecular complexity index is 614. The summed E-state index contributed by atoms with van der Waals surface area (Å²) in [6, 6.07) is 11.2. The molecule has 0 fully saturated rings. The van der Waals surface area contributed by atoms with E-state index in [4.69, 9.17) is 0 Å². The van der Waals surface area contributed by atoms with Gasteiger partial charge in [-0.2, -0.15) is 0 Å². The molecule has 0 radical (unpaired) electrons. The van der Waals surface area contributed by atoms with Crippen LogP contribution in [0, 0.1) is 0 Å². The van der Waals surface area contributed by atoms with Crippen molar-refractivity contribution < 1.29 is 14.3 Å². The predicted molar refractivity (Wildman–Crippen MR) is 74.7 cm³/mol. The quantitative estimate of drug-likeness (QED) is 0.840. The number of carbonyl (C=O) groups excluding carboxylic acids is 2. The topological polar surface area (TPSA) is 80.3 Å². The second-order valence-corrected chi connectivity index (χ2v) is 3.87. The molecule has 1 aromatic heterocycles. The maximum atomic E-state index is 11.8. The van der Waals surface area contributed by atoms with Crippen molar-refractivity contribution in [3.8, 4) is 0 Å². The minimum absolute atomic E-state index is 0.364. The zero-order valence-corrected chi connectivity index (χ0v) is 10.8. The molecule has 0 saturated heterocycles. The van der Waals surface area contributed by atoms with Gasteiger partial charge in [-0.3, -0.25) is 5.32 Å². The van der Waals surface area contributed by atoms with Gasteiger partial charge in [-0.05, 0) is 30.3 Å². The van der Waals surface area contributed by atoms with E-state index in [-0.39, 0.29) is 0 Å². The van der Waals surface area contributed by atoms with Crippen LogP contribution in [0.25, 0.3) is 0 Å². The normalized spacial score (nSPS) is 9.65. The number of esters is 1. The Morgan fingerprint density at radius 2 is 1.95 bits per heavy atom. The van der Waals surface area contributed by atoms with Gasteiger partial charge in [0.15, 0.2) is 0 Å². The van der Waals surface area contributed by atoms with Crippen molar-refractivity contribution >= 4 is 23.5 Å². The Kier molecular flexibility index (Phi) is 4.28. The van der Waals surface area contributed by atoms with Crippen molar-refractivity contribution in [3.63, 3.8) is 0 Å². The number of benzene rings is 1. The lowest BCUT2D eigenvalue weighted by molar-refractivity contribution is 0.0600. The van der Waals surface area contributed by atoms with Gasteiger partial charge in [-0.15, -0.1) is 0 Å². The number of hydrogen-bond acceptors (Lipinski definition) is 4. The molecule has 0 bridgehead atoms. The molecule has 102 valence electrons. The maximum Gasteiger partial charge on any atom is 0.337 e. The van der Waals surface area contributed by atoms with Crippen LogP contribution in [0.5, 0.6) is 0 Å². The largest absolute Gasteiger partial charge is 0.465 e. The minimum atomic E-state index is -0.459. The Balaban J connectivity index is 2.03. The number of amides is 2. The van der Waals surface area contributed by atoms with E-state index in [0.717, 1.165) is 0 Å². The summed E-state index contributed by atoms with van der Waals surface area (Å²) in [4.78, 5) is 27.1. The Labute approximate surface area is 115 Å². The van der Waals surface area contributed by atoms with E-state index >= 15 is 0 Å². The second kappa shape index (κ2) is 6.33. The summed E-state index contributed by atoms with van der Waals surface area (Å²) in [5, 5.41) is 5.19. The van der Waals surface area contributed by atoms with Crippen LogP contribution in [-0.2, 0) is 4.74 Å². The van der Waals surface area contributed by atoms with Gasteiger partial charge < -0.3 is 10.1 Å². The van der Waals surface area contributed by atoms with Crippen molar-refractivity contribution in [1.29, 1.82) is 0 Å². The number of aromatic nitrogens is 1. The van der Waals surface area contributed by atoms with E-state index in [0.29, 0.717) is 17.1 Å². The number of urea groups is 1. The van der Waals surface area contributed by atoms with E-state index < -0.39 is 12.0 Å². The SMILES string of the molecule is COC(=O)c1cccc(NC(=O)Nc2ccccn2)c1. The third-order valence-electron chi connectivity index (χ3n) is 2.45. The average molecular weight is 271 g/mol. The van der Waals surface area contributed by atoms with Gasteiger partial charge in [-0.1, -0.05) is 12.1 Å². The summed E-state index contributed by atoms with van der Waals surface area (Å²) in [5.41, 5.74) is 0.851. The number of hydrogen-bond donors (Lipinski definition) is 2. The van der Waals surface area contributed by atoms with Gasteiger partial charge in [-0.25, -0.2) is 14.6 Å². The van der Waals surface area contributed by atoms with Gasteiger partial charge in [0.05, 0.1) is 12.7 Å². The third-order valence-corrected chi connectivity index (χ3v) is 2.45. The van der Waals surface area contributed by atoms with Gasteiger partial charge in [0.1, 0.15) is 5.82 Å². The first kappa shape index (κ1) is 13.5. The smallest absolute Gasteiger partial charge is 0.337 e. The van der Waals surface area contributed by atoms with Crippen molar-refractivity contribution in [2.24, 2.45) is 0 Å². The Morgan fingerprint density at radius 1 is 1.10 bits per heavy atom. The van der Waals surface area contributed by atoms with E-state index in [1.165, 1.54) is 13.2 Å². The molecule has 0 atom stereocenters. The predicted octanol–water partition coefficient (Wildman–Crippen LogP) is 2.51. The number of carbonyl (C=O) groups is 2. The molecular formula is C14H13N3O3. The summed E-state index contributed by atoms with van der Waals surface area (Å²) < 4.78 is 4.61. The molecule has 6 heteroatoms. The molecule has 0 saturated carbocycles. The van der Waals surface area contributed by atoms with Crippen molar-refractivity contribution in [2.75, 3.05) is 17.7 Å². The lowest BCUT2D eigenvalue weighted by Crippen LogP contribution is -2.20. The zero-order chi connectivity index (χ0) is 14.4. The summed E-state index contributed by atoms with van der Waals surface area (Å²) >= 11 is 0. The fourth-order valence-electron chi connectivity index (χ4n) is 1.56. The number of anilines is 2. The van der Waals surface area contributed by atoms with Crippen LogP contribution in [0.2, 0.25) is 0 Å². The second-order valence-electron chi connectivity index (χ2n) is 3.87. The number of nitrogens with one attached hydrogen (secondary N) is 2. The van der Waals surface area contributed by atoms with Crippen LogP contribution in [0.4, 0.5) is 16.3 Å². The Morgan fingerprint density at radius 3 is 2.65 bits per heavy atom. The number of ether oxygens (including phenoxy) is 1. The van der Waals surface area contributed by atoms with Crippen LogP contribution in [-0.4, -0.2) is 24.1 Å². The highest BCUT2D eigenvalue weighted by Gasteiger charge is 2.07. The minimum Gasteiger partial charge on any atom is -0.465 e. The van der Waals surface area contributed by atoms with Crippen LogP contribution in [0.3, 0.4) is 0 Å². The number of pyridine rings is 1. The molecule has 0 aliphatic rings. The van der Waals surface area contributed by atoms with E-state index in [1.54, 1.807) is 42.6 Å². The monoisotopic (exact) mass is 271 g/mol. The fraction of sp³-hybridized carbons (Fsp3) is 0.0714. The highest BCUT2D eigenvalue weighted by Crippen LogP contribution is 2.12. The molecule has 0 unspecified atom stereocenters. The molecule has 0 aliphatic carbocycles. The number of rotatable bonds is 3. The van der Waals surface area contributed by atoms with E-state index in [9.17, 15) is 9.59 Å². The molecule has 0 spiro atoms.